The second kappa shape index (κ2) is 8.44. The molecule has 2 aromatic carbocycles. The lowest BCUT2D eigenvalue weighted by atomic mass is 10.2. The molecule has 0 saturated heterocycles. The number of amides is 2. The first-order chi connectivity index (χ1) is 13.1. The number of urea groups is 1. The molecular weight excluding hydrogens is 344 g/mol. The van der Waals surface area contributed by atoms with E-state index < -0.39 is 0 Å². The first kappa shape index (κ1) is 18.6. The molecule has 2 amide bonds. The van der Waals surface area contributed by atoms with Crippen LogP contribution in [0.2, 0.25) is 0 Å². The third-order valence-electron chi connectivity index (χ3n) is 4.28. The van der Waals surface area contributed by atoms with Crippen molar-refractivity contribution in [1.82, 2.24) is 14.9 Å². The molecule has 0 aliphatic carbocycles. The Labute approximate surface area is 158 Å². The lowest BCUT2D eigenvalue weighted by Crippen LogP contribution is -2.28. The molecule has 1 heterocycles. The van der Waals surface area contributed by atoms with E-state index >= 15 is 0 Å². The molecule has 0 aliphatic rings. The Morgan fingerprint density at radius 1 is 1.15 bits per heavy atom. The summed E-state index contributed by atoms with van der Waals surface area (Å²) in [5.74, 6) is 1.37. The molecule has 0 atom stereocenters. The van der Waals surface area contributed by atoms with Crippen LogP contribution in [-0.2, 0) is 13.1 Å². The number of aromatic nitrogens is 2. The maximum atomic E-state index is 12.2. The van der Waals surface area contributed by atoms with Gasteiger partial charge in [-0.2, -0.15) is 0 Å². The number of carbonyl (C=O) groups excluding carboxylic acids is 1. The summed E-state index contributed by atoms with van der Waals surface area (Å²) in [6.45, 7) is 3.39. The van der Waals surface area contributed by atoms with Gasteiger partial charge in [0, 0.05) is 30.4 Å². The molecule has 0 saturated carbocycles. The molecular formula is C20H24N4O3. The van der Waals surface area contributed by atoms with Crippen LogP contribution in [0, 0.1) is 0 Å². The molecule has 0 radical (unpaired) electrons. The number of nitrogens with zero attached hydrogens (tertiary/aromatic N) is 2. The zero-order valence-electron chi connectivity index (χ0n) is 15.8. The Morgan fingerprint density at radius 3 is 2.74 bits per heavy atom. The number of imidazole rings is 1. The fourth-order valence-electron chi connectivity index (χ4n) is 2.91. The van der Waals surface area contributed by atoms with Crippen LogP contribution in [0.5, 0.6) is 11.5 Å². The van der Waals surface area contributed by atoms with Crippen molar-refractivity contribution in [2.75, 3.05) is 19.5 Å². The number of methoxy groups -OCH3 is 2. The molecule has 3 rings (SSSR count). The van der Waals surface area contributed by atoms with E-state index in [1.165, 1.54) is 0 Å². The van der Waals surface area contributed by atoms with Crippen molar-refractivity contribution in [1.29, 1.82) is 0 Å². The molecule has 7 nitrogen and oxygen atoms in total. The number of ether oxygens (including phenoxy) is 2. The topological polar surface area (TPSA) is 77.4 Å². The van der Waals surface area contributed by atoms with E-state index in [2.05, 4.69) is 27.1 Å². The number of hydrogen-bond donors (Lipinski definition) is 2. The van der Waals surface area contributed by atoms with Gasteiger partial charge < -0.3 is 24.7 Å². The summed E-state index contributed by atoms with van der Waals surface area (Å²) in [6.07, 6.45) is 2.87. The van der Waals surface area contributed by atoms with Crippen LogP contribution in [-0.4, -0.2) is 29.8 Å². The van der Waals surface area contributed by atoms with E-state index in [1.807, 2.05) is 36.7 Å². The number of fused-ring (bicyclic) bond motifs is 1. The Bertz CT molecular complexity index is 936. The molecule has 1 aromatic heterocycles. The van der Waals surface area contributed by atoms with Gasteiger partial charge in [-0.25, -0.2) is 9.78 Å². The molecule has 7 heteroatoms. The number of rotatable bonds is 7. The summed E-state index contributed by atoms with van der Waals surface area (Å²) in [5, 5.41) is 5.68. The zero-order valence-corrected chi connectivity index (χ0v) is 15.8. The maximum Gasteiger partial charge on any atom is 0.319 e. The van der Waals surface area contributed by atoms with Gasteiger partial charge in [-0.3, -0.25) is 0 Å². The van der Waals surface area contributed by atoms with E-state index in [0.29, 0.717) is 23.7 Å². The summed E-state index contributed by atoms with van der Waals surface area (Å²) in [4.78, 5) is 16.6. The van der Waals surface area contributed by atoms with Crippen molar-refractivity contribution in [3.05, 3.63) is 48.3 Å². The summed E-state index contributed by atoms with van der Waals surface area (Å²) in [7, 11) is 3.19. The fourth-order valence-corrected chi connectivity index (χ4v) is 2.91. The molecule has 0 bridgehead atoms. The second-order valence-electron chi connectivity index (χ2n) is 6.13. The molecule has 0 unspecified atom stereocenters. The van der Waals surface area contributed by atoms with Crippen molar-refractivity contribution in [3.8, 4) is 11.5 Å². The van der Waals surface area contributed by atoms with Gasteiger partial charge >= 0.3 is 6.03 Å². The van der Waals surface area contributed by atoms with Gasteiger partial charge in [-0.15, -0.1) is 0 Å². The molecule has 0 fully saturated rings. The minimum Gasteiger partial charge on any atom is -0.497 e. The Hall–Kier alpha value is -3.22. The van der Waals surface area contributed by atoms with E-state index in [9.17, 15) is 4.79 Å². The zero-order chi connectivity index (χ0) is 19.2. The highest BCUT2D eigenvalue weighted by atomic mass is 16.5. The second-order valence-corrected chi connectivity index (χ2v) is 6.13. The smallest absolute Gasteiger partial charge is 0.319 e. The van der Waals surface area contributed by atoms with E-state index in [0.717, 1.165) is 29.6 Å². The van der Waals surface area contributed by atoms with E-state index in [1.54, 1.807) is 20.3 Å². The predicted molar refractivity (Wildman–Crippen MR) is 105 cm³/mol. The van der Waals surface area contributed by atoms with Gasteiger partial charge in [-0.05, 0) is 36.8 Å². The molecule has 3 aromatic rings. The lowest BCUT2D eigenvalue weighted by Gasteiger charge is -2.12. The quantitative estimate of drug-likeness (QED) is 0.665. The molecule has 27 heavy (non-hydrogen) atoms. The Kier molecular flexibility index (Phi) is 5.80. The third kappa shape index (κ3) is 4.31. The van der Waals surface area contributed by atoms with E-state index in [4.69, 9.17) is 9.47 Å². The van der Waals surface area contributed by atoms with Crippen LogP contribution in [0.4, 0.5) is 10.5 Å². The standard InChI is InChI=1S/C20H24N4O3/c1-4-9-24-13-22-17-10-15(6-8-18(17)24)23-20(25)21-12-14-5-7-16(26-2)11-19(14)27-3/h5-8,10-11,13H,4,9,12H2,1-3H3,(H2,21,23,25). The number of carbonyl (C=O) groups is 1. The normalized spacial score (nSPS) is 10.6. The van der Waals surface area contributed by atoms with Crippen molar-refractivity contribution >= 4 is 22.8 Å². The average molecular weight is 368 g/mol. The van der Waals surface area contributed by atoms with Crippen molar-refractivity contribution in [2.24, 2.45) is 0 Å². The van der Waals surface area contributed by atoms with Crippen LogP contribution in [0.1, 0.15) is 18.9 Å². The highest BCUT2D eigenvalue weighted by Gasteiger charge is 2.09. The first-order valence-corrected chi connectivity index (χ1v) is 8.85. The van der Waals surface area contributed by atoms with Crippen LogP contribution < -0.4 is 20.1 Å². The minimum atomic E-state index is -0.291. The van der Waals surface area contributed by atoms with Crippen LogP contribution in [0.3, 0.4) is 0 Å². The summed E-state index contributed by atoms with van der Waals surface area (Å²) in [6, 6.07) is 10.9. The summed E-state index contributed by atoms with van der Waals surface area (Å²) < 4.78 is 12.6. The molecule has 0 aliphatic heterocycles. The number of aryl methyl sites for hydroxylation is 1. The number of benzene rings is 2. The molecule has 2 N–H and O–H groups in total. The van der Waals surface area contributed by atoms with Gasteiger partial charge in [0.15, 0.2) is 0 Å². The Balaban J connectivity index is 1.63. The monoisotopic (exact) mass is 368 g/mol. The SMILES string of the molecule is CCCn1cnc2cc(NC(=O)NCc3ccc(OC)cc3OC)ccc21. The largest absolute Gasteiger partial charge is 0.497 e. The van der Waals surface area contributed by atoms with Crippen LogP contribution in [0.15, 0.2) is 42.7 Å². The van der Waals surface area contributed by atoms with Gasteiger partial charge in [0.2, 0.25) is 0 Å². The van der Waals surface area contributed by atoms with Crippen molar-refractivity contribution in [2.45, 2.75) is 26.4 Å². The summed E-state index contributed by atoms with van der Waals surface area (Å²) in [5.41, 5.74) is 3.48. The van der Waals surface area contributed by atoms with Gasteiger partial charge in [0.05, 0.1) is 31.6 Å². The van der Waals surface area contributed by atoms with Crippen molar-refractivity contribution < 1.29 is 14.3 Å². The van der Waals surface area contributed by atoms with Crippen LogP contribution >= 0.6 is 0 Å². The average Bonchev–Trinajstić information content (AvgIpc) is 3.08. The molecule has 142 valence electrons. The van der Waals surface area contributed by atoms with E-state index in [-0.39, 0.29) is 6.03 Å². The summed E-state index contributed by atoms with van der Waals surface area (Å²) >= 11 is 0. The Morgan fingerprint density at radius 2 is 2.00 bits per heavy atom. The molecule has 0 spiro atoms. The number of hydrogen-bond acceptors (Lipinski definition) is 4. The minimum absolute atomic E-state index is 0.291. The maximum absolute atomic E-state index is 12.2. The first-order valence-electron chi connectivity index (χ1n) is 8.85. The number of anilines is 1. The predicted octanol–water partition coefficient (Wildman–Crippen LogP) is 3.79. The van der Waals surface area contributed by atoms with Gasteiger partial charge in [0.1, 0.15) is 11.5 Å². The highest BCUT2D eigenvalue weighted by molar-refractivity contribution is 5.91. The van der Waals surface area contributed by atoms with Crippen molar-refractivity contribution in [3.63, 3.8) is 0 Å². The van der Waals surface area contributed by atoms with Gasteiger partial charge in [0.25, 0.3) is 0 Å². The lowest BCUT2D eigenvalue weighted by molar-refractivity contribution is 0.251. The van der Waals surface area contributed by atoms with Crippen LogP contribution in [0.25, 0.3) is 11.0 Å². The fraction of sp³-hybridized carbons (Fsp3) is 0.300. The van der Waals surface area contributed by atoms with Gasteiger partial charge in [-0.1, -0.05) is 6.92 Å². The number of nitrogens with one attached hydrogen (secondary N) is 2. The highest BCUT2D eigenvalue weighted by Crippen LogP contribution is 2.24. The third-order valence-corrected chi connectivity index (χ3v) is 4.28.